The Morgan fingerprint density at radius 3 is 2.83 bits per heavy atom. The molecule has 0 saturated heterocycles. The van der Waals surface area contributed by atoms with Crippen LogP contribution in [0.3, 0.4) is 0 Å². The highest BCUT2D eigenvalue weighted by atomic mass is 16.5. The summed E-state index contributed by atoms with van der Waals surface area (Å²) in [5.41, 5.74) is 0. The molecule has 0 aromatic rings. The zero-order chi connectivity index (χ0) is 9.23. The highest BCUT2D eigenvalue weighted by molar-refractivity contribution is 5.38. The molecule has 0 aliphatic carbocycles. The van der Waals surface area contributed by atoms with Gasteiger partial charge in [-0.1, -0.05) is 12.2 Å². The van der Waals surface area contributed by atoms with Crippen LogP contribution in [0.4, 0.5) is 0 Å². The maximum absolute atomic E-state index is 9.79. The van der Waals surface area contributed by atoms with Crippen LogP contribution in [0.25, 0.3) is 0 Å². The SMILES string of the molecule is C/C=C\CCCCC(C)O[C]=O. The summed E-state index contributed by atoms with van der Waals surface area (Å²) < 4.78 is 4.62. The highest BCUT2D eigenvalue weighted by Crippen LogP contribution is 2.05. The number of allylic oxidation sites excluding steroid dienone is 2. The third-order valence-electron chi connectivity index (χ3n) is 1.72. The van der Waals surface area contributed by atoms with Crippen molar-refractivity contribution in [2.45, 2.75) is 45.6 Å². The normalized spacial score (nSPS) is 13.2. The van der Waals surface area contributed by atoms with E-state index in [0.29, 0.717) is 0 Å². The summed E-state index contributed by atoms with van der Waals surface area (Å²) in [6, 6.07) is 0. The van der Waals surface area contributed by atoms with Crippen molar-refractivity contribution in [2.24, 2.45) is 0 Å². The minimum atomic E-state index is 0.0214. The standard InChI is InChI=1S/C10H17O2/c1-3-4-5-6-7-8-10(2)12-9-11/h3-4,10H,5-8H2,1-2H3/b4-3-. The van der Waals surface area contributed by atoms with Gasteiger partial charge in [0.1, 0.15) is 0 Å². The van der Waals surface area contributed by atoms with Crippen LogP contribution in [-0.4, -0.2) is 12.6 Å². The molecule has 0 amide bonds. The summed E-state index contributed by atoms with van der Waals surface area (Å²) in [4.78, 5) is 9.79. The van der Waals surface area contributed by atoms with Gasteiger partial charge in [-0.05, 0) is 39.5 Å². The van der Waals surface area contributed by atoms with Crippen molar-refractivity contribution in [1.29, 1.82) is 0 Å². The largest absolute Gasteiger partial charge is 0.454 e. The van der Waals surface area contributed by atoms with Crippen molar-refractivity contribution in [1.82, 2.24) is 0 Å². The van der Waals surface area contributed by atoms with Crippen LogP contribution in [0.5, 0.6) is 0 Å². The lowest BCUT2D eigenvalue weighted by Gasteiger charge is -2.06. The Bertz CT molecular complexity index is 130. The summed E-state index contributed by atoms with van der Waals surface area (Å²) >= 11 is 0. The van der Waals surface area contributed by atoms with Gasteiger partial charge in [0.05, 0.1) is 6.10 Å². The van der Waals surface area contributed by atoms with Crippen molar-refractivity contribution in [3.63, 3.8) is 0 Å². The molecule has 12 heavy (non-hydrogen) atoms. The zero-order valence-corrected chi connectivity index (χ0v) is 7.88. The van der Waals surface area contributed by atoms with Gasteiger partial charge in [-0.25, -0.2) is 4.79 Å². The molecule has 0 spiro atoms. The molecule has 0 rings (SSSR count). The highest BCUT2D eigenvalue weighted by Gasteiger charge is 2.00. The lowest BCUT2D eigenvalue weighted by atomic mass is 10.1. The smallest absolute Gasteiger partial charge is 0.417 e. The van der Waals surface area contributed by atoms with Gasteiger partial charge >= 0.3 is 6.47 Å². The minimum Gasteiger partial charge on any atom is -0.454 e. The molecule has 1 atom stereocenters. The summed E-state index contributed by atoms with van der Waals surface area (Å²) in [5, 5.41) is 0. The topological polar surface area (TPSA) is 26.3 Å². The molecule has 0 aromatic heterocycles. The Labute approximate surface area is 74.6 Å². The summed E-state index contributed by atoms with van der Waals surface area (Å²) in [5.74, 6) is 0. The first-order chi connectivity index (χ1) is 5.81. The Morgan fingerprint density at radius 1 is 1.50 bits per heavy atom. The van der Waals surface area contributed by atoms with Crippen LogP contribution >= 0.6 is 0 Å². The van der Waals surface area contributed by atoms with E-state index in [4.69, 9.17) is 0 Å². The molecule has 1 unspecified atom stereocenters. The molecule has 1 radical (unpaired) electrons. The lowest BCUT2D eigenvalue weighted by Crippen LogP contribution is -2.05. The molecule has 0 fully saturated rings. The third kappa shape index (κ3) is 7.32. The molecular formula is C10H17O2. The average Bonchev–Trinajstić information content (AvgIpc) is 2.05. The number of rotatable bonds is 7. The fraction of sp³-hybridized carbons (Fsp3) is 0.700. The van der Waals surface area contributed by atoms with E-state index in [1.54, 1.807) is 0 Å². The van der Waals surface area contributed by atoms with Gasteiger partial charge in [-0.3, -0.25) is 0 Å². The Hall–Kier alpha value is -0.790. The van der Waals surface area contributed by atoms with E-state index in [1.165, 1.54) is 6.47 Å². The van der Waals surface area contributed by atoms with Crippen molar-refractivity contribution in [3.05, 3.63) is 12.2 Å². The number of carbonyl (C=O) groups excluding carboxylic acids is 1. The quantitative estimate of drug-likeness (QED) is 0.432. The van der Waals surface area contributed by atoms with Crippen molar-refractivity contribution >= 4 is 6.47 Å². The maximum Gasteiger partial charge on any atom is 0.417 e. The molecule has 0 aromatic carbocycles. The van der Waals surface area contributed by atoms with Gasteiger partial charge in [-0.2, -0.15) is 0 Å². The van der Waals surface area contributed by atoms with Crippen molar-refractivity contribution in [3.8, 4) is 0 Å². The van der Waals surface area contributed by atoms with Crippen LogP contribution in [0.1, 0.15) is 39.5 Å². The Balaban J connectivity index is 3.13. The molecule has 69 valence electrons. The van der Waals surface area contributed by atoms with E-state index in [2.05, 4.69) is 16.9 Å². The summed E-state index contributed by atoms with van der Waals surface area (Å²) in [7, 11) is 0. The second-order valence-corrected chi connectivity index (χ2v) is 2.87. The molecule has 0 aliphatic rings. The van der Waals surface area contributed by atoms with Crippen LogP contribution in [0.15, 0.2) is 12.2 Å². The van der Waals surface area contributed by atoms with Gasteiger partial charge in [0.25, 0.3) is 0 Å². The predicted molar refractivity (Wildman–Crippen MR) is 49.5 cm³/mol. The average molecular weight is 169 g/mol. The van der Waals surface area contributed by atoms with Crippen molar-refractivity contribution < 1.29 is 9.53 Å². The van der Waals surface area contributed by atoms with E-state index >= 15 is 0 Å². The zero-order valence-electron chi connectivity index (χ0n) is 7.88. The summed E-state index contributed by atoms with van der Waals surface area (Å²) in [6.07, 6.45) is 8.55. The molecule has 0 saturated carbocycles. The van der Waals surface area contributed by atoms with E-state index in [1.807, 2.05) is 13.8 Å². The Morgan fingerprint density at radius 2 is 2.25 bits per heavy atom. The van der Waals surface area contributed by atoms with E-state index < -0.39 is 0 Å². The van der Waals surface area contributed by atoms with Crippen LogP contribution in [0.2, 0.25) is 0 Å². The van der Waals surface area contributed by atoms with Crippen LogP contribution in [0, 0.1) is 0 Å². The summed E-state index contributed by atoms with van der Waals surface area (Å²) in [6.45, 7) is 5.37. The number of hydrogen-bond acceptors (Lipinski definition) is 2. The molecule has 2 nitrogen and oxygen atoms in total. The molecule has 0 bridgehead atoms. The number of ether oxygens (including phenoxy) is 1. The van der Waals surface area contributed by atoms with Gasteiger partial charge < -0.3 is 4.74 Å². The number of hydrogen-bond donors (Lipinski definition) is 0. The minimum absolute atomic E-state index is 0.0214. The molecule has 0 N–H and O–H groups in total. The first kappa shape index (κ1) is 11.2. The molecular weight excluding hydrogens is 152 g/mol. The fourth-order valence-electron chi connectivity index (χ4n) is 1.00. The molecule has 0 aliphatic heterocycles. The second kappa shape index (κ2) is 8.31. The monoisotopic (exact) mass is 169 g/mol. The van der Waals surface area contributed by atoms with Crippen molar-refractivity contribution in [2.75, 3.05) is 0 Å². The number of unbranched alkanes of at least 4 members (excludes halogenated alkanes) is 2. The van der Waals surface area contributed by atoms with E-state index in [0.717, 1.165) is 25.7 Å². The van der Waals surface area contributed by atoms with Crippen LogP contribution in [-0.2, 0) is 9.53 Å². The van der Waals surface area contributed by atoms with Gasteiger partial charge in [0.15, 0.2) is 0 Å². The Kier molecular flexibility index (Phi) is 7.76. The third-order valence-corrected chi connectivity index (χ3v) is 1.72. The molecule has 2 heteroatoms. The van der Waals surface area contributed by atoms with Gasteiger partial charge in [0, 0.05) is 0 Å². The maximum atomic E-state index is 9.79. The first-order valence-electron chi connectivity index (χ1n) is 4.45. The van der Waals surface area contributed by atoms with Crippen LogP contribution < -0.4 is 0 Å². The van der Waals surface area contributed by atoms with E-state index in [9.17, 15) is 4.79 Å². The first-order valence-corrected chi connectivity index (χ1v) is 4.45. The lowest BCUT2D eigenvalue weighted by molar-refractivity contribution is 0.181. The molecule has 0 heterocycles. The second-order valence-electron chi connectivity index (χ2n) is 2.87. The van der Waals surface area contributed by atoms with Gasteiger partial charge in [-0.15, -0.1) is 0 Å². The predicted octanol–water partition coefficient (Wildman–Crippen LogP) is 2.60. The van der Waals surface area contributed by atoms with E-state index in [-0.39, 0.29) is 6.10 Å². The fourth-order valence-corrected chi connectivity index (χ4v) is 1.00. The van der Waals surface area contributed by atoms with Gasteiger partial charge in [0.2, 0.25) is 0 Å².